The number of hydrogen-bond acceptors (Lipinski definition) is 5. The third kappa shape index (κ3) is 2.76. The molecule has 0 spiro atoms. The first-order valence-electron chi connectivity index (χ1n) is 8.47. The molecule has 122 valence electrons. The fourth-order valence-electron chi connectivity index (χ4n) is 4.02. The van der Waals surface area contributed by atoms with Crippen LogP contribution in [0.5, 0.6) is 0 Å². The van der Waals surface area contributed by atoms with Gasteiger partial charge in [0.05, 0.1) is 6.04 Å². The summed E-state index contributed by atoms with van der Waals surface area (Å²) in [4.78, 5) is 20.9. The van der Waals surface area contributed by atoms with Gasteiger partial charge in [-0.05, 0) is 39.2 Å². The lowest BCUT2D eigenvalue weighted by Crippen LogP contribution is -2.48. The van der Waals surface area contributed by atoms with Crippen molar-refractivity contribution in [3.63, 3.8) is 0 Å². The summed E-state index contributed by atoms with van der Waals surface area (Å²) in [5.41, 5.74) is 0. The molecule has 0 radical (unpaired) electrons. The molecule has 1 amide bonds. The summed E-state index contributed by atoms with van der Waals surface area (Å²) >= 11 is 0. The van der Waals surface area contributed by atoms with E-state index in [-0.39, 0.29) is 11.9 Å². The molecule has 3 atom stereocenters. The van der Waals surface area contributed by atoms with Crippen LogP contribution in [-0.2, 0) is 11.2 Å². The molecule has 22 heavy (non-hydrogen) atoms. The Hall–Kier alpha value is -1.43. The van der Waals surface area contributed by atoms with Crippen LogP contribution in [0.1, 0.15) is 64.2 Å². The molecule has 2 saturated heterocycles. The standard InChI is InChI=1S/C16H26N4O2/c1-4-15-17-16(22-18-15)11(2)19-9-5-7-13(19)14-8-6-10-20(14)12(3)21/h11,13-14H,4-10H2,1-3H3/t11-,13-,14+/m0/s1. The number of carbonyl (C=O) groups is 1. The molecule has 6 heteroatoms. The summed E-state index contributed by atoms with van der Waals surface area (Å²) in [5.74, 6) is 1.67. The number of rotatable bonds is 4. The fraction of sp³-hybridized carbons (Fsp3) is 0.812. The molecule has 2 fully saturated rings. The van der Waals surface area contributed by atoms with Crippen LogP contribution in [0.3, 0.4) is 0 Å². The smallest absolute Gasteiger partial charge is 0.243 e. The number of hydrogen-bond donors (Lipinski definition) is 0. The second kappa shape index (κ2) is 6.36. The first-order chi connectivity index (χ1) is 10.6. The average molecular weight is 306 g/mol. The van der Waals surface area contributed by atoms with Gasteiger partial charge in [0.2, 0.25) is 11.8 Å². The minimum atomic E-state index is 0.120. The van der Waals surface area contributed by atoms with Crippen LogP contribution in [0.15, 0.2) is 4.52 Å². The number of nitrogens with zero attached hydrogens (tertiary/aromatic N) is 4. The van der Waals surface area contributed by atoms with Crippen molar-refractivity contribution < 1.29 is 9.32 Å². The van der Waals surface area contributed by atoms with Crippen molar-refractivity contribution >= 4 is 5.91 Å². The van der Waals surface area contributed by atoms with Crippen LogP contribution in [0.4, 0.5) is 0 Å². The Bertz CT molecular complexity index is 530. The van der Waals surface area contributed by atoms with E-state index in [1.165, 1.54) is 6.42 Å². The highest BCUT2D eigenvalue weighted by atomic mass is 16.5. The summed E-state index contributed by atoms with van der Waals surface area (Å²) in [6.45, 7) is 7.79. The molecular formula is C16H26N4O2. The lowest BCUT2D eigenvalue weighted by Gasteiger charge is -2.36. The second-order valence-corrected chi connectivity index (χ2v) is 6.45. The lowest BCUT2D eigenvalue weighted by molar-refractivity contribution is -0.130. The molecule has 0 aromatic carbocycles. The van der Waals surface area contributed by atoms with Gasteiger partial charge in [0.25, 0.3) is 0 Å². The molecule has 3 heterocycles. The van der Waals surface area contributed by atoms with Crippen molar-refractivity contribution in [3.05, 3.63) is 11.7 Å². The zero-order chi connectivity index (χ0) is 15.7. The van der Waals surface area contributed by atoms with Crippen molar-refractivity contribution in [2.45, 2.75) is 71.0 Å². The molecule has 0 saturated carbocycles. The van der Waals surface area contributed by atoms with Crippen LogP contribution in [-0.4, -0.2) is 51.0 Å². The van der Waals surface area contributed by atoms with Crippen molar-refractivity contribution in [1.29, 1.82) is 0 Å². The molecule has 0 aliphatic carbocycles. The molecule has 2 aliphatic rings. The molecule has 1 aromatic rings. The van der Waals surface area contributed by atoms with E-state index < -0.39 is 0 Å². The van der Waals surface area contributed by atoms with Crippen molar-refractivity contribution in [2.75, 3.05) is 13.1 Å². The zero-order valence-corrected chi connectivity index (χ0v) is 13.8. The van der Waals surface area contributed by atoms with E-state index in [9.17, 15) is 4.79 Å². The van der Waals surface area contributed by atoms with Crippen LogP contribution >= 0.6 is 0 Å². The van der Waals surface area contributed by atoms with E-state index in [0.29, 0.717) is 18.0 Å². The Kier molecular flexibility index (Phi) is 4.47. The number of aryl methyl sites for hydroxylation is 1. The monoisotopic (exact) mass is 306 g/mol. The molecule has 2 aliphatic heterocycles. The second-order valence-electron chi connectivity index (χ2n) is 6.45. The van der Waals surface area contributed by atoms with Gasteiger partial charge in [-0.25, -0.2) is 0 Å². The lowest BCUT2D eigenvalue weighted by atomic mass is 10.0. The molecule has 0 N–H and O–H groups in total. The minimum absolute atomic E-state index is 0.120. The Morgan fingerprint density at radius 1 is 1.32 bits per heavy atom. The van der Waals surface area contributed by atoms with Gasteiger partial charge >= 0.3 is 0 Å². The Morgan fingerprint density at radius 2 is 2.05 bits per heavy atom. The molecule has 3 rings (SSSR count). The van der Waals surface area contributed by atoms with Crippen molar-refractivity contribution in [1.82, 2.24) is 19.9 Å². The normalized spacial score (nSPS) is 27.5. The fourth-order valence-corrected chi connectivity index (χ4v) is 4.02. The summed E-state index contributed by atoms with van der Waals surface area (Å²) < 4.78 is 5.43. The van der Waals surface area contributed by atoms with Gasteiger partial charge in [0.1, 0.15) is 0 Å². The van der Waals surface area contributed by atoms with Crippen molar-refractivity contribution in [3.8, 4) is 0 Å². The Labute approximate surface area is 131 Å². The summed E-state index contributed by atoms with van der Waals surface area (Å²) in [7, 11) is 0. The van der Waals surface area contributed by atoms with Gasteiger partial charge in [0.15, 0.2) is 5.82 Å². The van der Waals surface area contributed by atoms with E-state index in [4.69, 9.17) is 4.52 Å². The maximum absolute atomic E-state index is 11.9. The van der Waals surface area contributed by atoms with Crippen LogP contribution in [0.2, 0.25) is 0 Å². The molecule has 0 bridgehead atoms. The van der Waals surface area contributed by atoms with Gasteiger partial charge in [-0.15, -0.1) is 0 Å². The third-order valence-electron chi connectivity index (χ3n) is 5.14. The van der Waals surface area contributed by atoms with E-state index in [1.54, 1.807) is 6.92 Å². The summed E-state index contributed by atoms with van der Waals surface area (Å²) in [6, 6.07) is 0.879. The predicted octanol–water partition coefficient (Wildman–Crippen LogP) is 2.17. The predicted molar refractivity (Wildman–Crippen MR) is 82.2 cm³/mol. The van der Waals surface area contributed by atoms with Gasteiger partial charge in [-0.2, -0.15) is 4.98 Å². The van der Waals surface area contributed by atoms with E-state index in [2.05, 4.69) is 26.9 Å². The van der Waals surface area contributed by atoms with E-state index in [0.717, 1.165) is 44.6 Å². The first kappa shape index (κ1) is 15.5. The minimum Gasteiger partial charge on any atom is -0.338 e. The van der Waals surface area contributed by atoms with Gasteiger partial charge < -0.3 is 9.42 Å². The number of likely N-dealkylation sites (tertiary alicyclic amines) is 2. The highest BCUT2D eigenvalue weighted by molar-refractivity contribution is 5.74. The molecular weight excluding hydrogens is 280 g/mol. The molecule has 6 nitrogen and oxygen atoms in total. The first-order valence-corrected chi connectivity index (χ1v) is 8.47. The van der Waals surface area contributed by atoms with E-state index in [1.807, 2.05) is 6.92 Å². The highest BCUT2D eigenvalue weighted by Gasteiger charge is 2.41. The Balaban J connectivity index is 1.76. The average Bonchev–Trinajstić information content (AvgIpc) is 3.23. The zero-order valence-electron chi connectivity index (χ0n) is 13.8. The van der Waals surface area contributed by atoms with Crippen LogP contribution in [0, 0.1) is 0 Å². The largest absolute Gasteiger partial charge is 0.338 e. The summed E-state index contributed by atoms with van der Waals surface area (Å²) in [5, 5.41) is 4.02. The SMILES string of the molecule is CCc1noc([C@H](C)N2CCC[C@H]2[C@H]2CCCN2C(C)=O)n1. The van der Waals surface area contributed by atoms with Crippen molar-refractivity contribution in [2.24, 2.45) is 0 Å². The van der Waals surface area contributed by atoms with Gasteiger partial charge in [0, 0.05) is 32.0 Å². The maximum Gasteiger partial charge on any atom is 0.243 e. The van der Waals surface area contributed by atoms with Gasteiger partial charge in [-0.1, -0.05) is 12.1 Å². The van der Waals surface area contributed by atoms with Gasteiger partial charge in [-0.3, -0.25) is 9.69 Å². The number of carbonyl (C=O) groups excluding carboxylic acids is 1. The van der Waals surface area contributed by atoms with Crippen LogP contribution < -0.4 is 0 Å². The third-order valence-corrected chi connectivity index (χ3v) is 5.14. The maximum atomic E-state index is 11.9. The molecule has 0 unspecified atom stereocenters. The number of aromatic nitrogens is 2. The highest BCUT2D eigenvalue weighted by Crippen LogP contribution is 2.35. The van der Waals surface area contributed by atoms with E-state index >= 15 is 0 Å². The Morgan fingerprint density at radius 3 is 2.73 bits per heavy atom. The summed E-state index contributed by atoms with van der Waals surface area (Å²) in [6.07, 6.45) is 5.33. The molecule has 1 aromatic heterocycles. The number of amides is 1. The topological polar surface area (TPSA) is 62.5 Å². The quantitative estimate of drug-likeness (QED) is 0.853. The van der Waals surface area contributed by atoms with Crippen LogP contribution in [0.25, 0.3) is 0 Å².